The van der Waals surface area contributed by atoms with Crippen molar-refractivity contribution in [3.8, 4) is 11.4 Å². The smallest absolute Gasteiger partial charge is 0.227 e. The fraction of sp³-hybridized carbons (Fsp3) is 0.261. The lowest BCUT2D eigenvalue weighted by atomic mass is 10.1. The lowest BCUT2D eigenvalue weighted by Crippen LogP contribution is -2.34. The number of para-hydroxylation sites is 1. The van der Waals surface area contributed by atoms with Gasteiger partial charge in [0, 0.05) is 30.7 Å². The van der Waals surface area contributed by atoms with Gasteiger partial charge in [-0.2, -0.15) is 5.10 Å². The van der Waals surface area contributed by atoms with E-state index in [9.17, 15) is 9.59 Å². The number of carbonyl (C=O) groups is 2. The van der Waals surface area contributed by atoms with E-state index < -0.39 is 5.92 Å². The van der Waals surface area contributed by atoms with Crippen LogP contribution in [0.3, 0.4) is 0 Å². The van der Waals surface area contributed by atoms with Crippen molar-refractivity contribution in [2.75, 3.05) is 25.1 Å². The number of rotatable bonds is 7. The maximum Gasteiger partial charge on any atom is 0.227 e. The zero-order valence-corrected chi connectivity index (χ0v) is 17.9. The van der Waals surface area contributed by atoms with Crippen molar-refractivity contribution < 1.29 is 14.3 Å². The van der Waals surface area contributed by atoms with Gasteiger partial charge in [-0.25, -0.2) is 4.68 Å². The third kappa shape index (κ3) is 4.72. The third-order valence-corrected chi connectivity index (χ3v) is 5.53. The van der Waals surface area contributed by atoms with Crippen molar-refractivity contribution in [3.05, 3.63) is 71.5 Å². The standard InChI is InChI=1S/C23H23ClN4O3/c1-31-21-8-7-18(24)12-20(21)27-15-17(11-22(27)29)23(30)25-10-9-16-13-26-28(14-16)19-5-3-2-4-6-19/h2-8,12-14,17H,9-11,15H2,1H3,(H,25,30). The molecule has 3 aromatic rings. The number of ether oxygens (including phenoxy) is 1. The Morgan fingerprint density at radius 2 is 2.06 bits per heavy atom. The maximum absolute atomic E-state index is 12.6. The van der Waals surface area contributed by atoms with Crippen LogP contribution in [0.15, 0.2) is 60.9 Å². The first-order valence-corrected chi connectivity index (χ1v) is 10.4. The van der Waals surface area contributed by atoms with Crippen molar-refractivity contribution in [2.45, 2.75) is 12.8 Å². The molecular weight excluding hydrogens is 416 g/mol. The molecule has 1 unspecified atom stereocenters. The minimum Gasteiger partial charge on any atom is -0.495 e. The van der Waals surface area contributed by atoms with Crippen molar-refractivity contribution in [1.82, 2.24) is 15.1 Å². The second-order valence-corrected chi connectivity index (χ2v) is 7.83. The lowest BCUT2D eigenvalue weighted by molar-refractivity contribution is -0.126. The summed E-state index contributed by atoms with van der Waals surface area (Å²) in [4.78, 5) is 26.7. The van der Waals surface area contributed by atoms with Gasteiger partial charge in [0.25, 0.3) is 0 Å². The summed E-state index contributed by atoms with van der Waals surface area (Å²) in [6, 6.07) is 14.9. The number of nitrogens with zero attached hydrogens (tertiary/aromatic N) is 3. The number of carbonyl (C=O) groups excluding carboxylic acids is 2. The molecule has 0 spiro atoms. The highest BCUT2D eigenvalue weighted by Crippen LogP contribution is 2.35. The highest BCUT2D eigenvalue weighted by Gasteiger charge is 2.36. The van der Waals surface area contributed by atoms with Gasteiger partial charge < -0.3 is 15.0 Å². The Morgan fingerprint density at radius 3 is 2.84 bits per heavy atom. The largest absolute Gasteiger partial charge is 0.495 e. The average Bonchev–Trinajstić information content (AvgIpc) is 3.41. The fourth-order valence-corrected chi connectivity index (χ4v) is 3.84. The van der Waals surface area contributed by atoms with Crippen LogP contribution in [0.4, 0.5) is 5.69 Å². The molecule has 1 N–H and O–H groups in total. The summed E-state index contributed by atoms with van der Waals surface area (Å²) in [7, 11) is 1.54. The molecule has 0 saturated carbocycles. The summed E-state index contributed by atoms with van der Waals surface area (Å²) >= 11 is 6.09. The minimum atomic E-state index is -0.414. The summed E-state index contributed by atoms with van der Waals surface area (Å²) in [5.41, 5.74) is 2.60. The molecule has 1 fully saturated rings. The third-order valence-electron chi connectivity index (χ3n) is 5.30. The van der Waals surface area contributed by atoms with E-state index in [1.165, 1.54) is 7.11 Å². The van der Waals surface area contributed by atoms with Gasteiger partial charge in [0.05, 0.1) is 30.6 Å². The number of hydrogen-bond acceptors (Lipinski definition) is 4. The van der Waals surface area contributed by atoms with Crippen LogP contribution in [0.5, 0.6) is 5.75 Å². The van der Waals surface area contributed by atoms with Crippen LogP contribution in [-0.4, -0.2) is 41.8 Å². The Bertz CT molecular complexity index is 1080. The van der Waals surface area contributed by atoms with E-state index in [1.807, 2.05) is 41.2 Å². The molecule has 1 atom stereocenters. The molecular formula is C23H23ClN4O3. The molecule has 7 nitrogen and oxygen atoms in total. The Kier molecular flexibility index (Phi) is 6.23. The molecule has 160 valence electrons. The van der Waals surface area contributed by atoms with E-state index in [1.54, 1.807) is 29.3 Å². The quantitative estimate of drug-likeness (QED) is 0.614. The van der Waals surface area contributed by atoms with E-state index in [-0.39, 0.29) is 18.2 Å². The normalized spacial score (nSPS) is 15.9. The Labute approximate surface area is 185 Å². The molecule has 0 aliphatic carbocycles. The second-order valence-electron chi connectivity index (χ2n) is 7.39. The number of amides is 2. The van der Waals surface area contributed by atoms with Crippen molar-refractivity contribution in [1.29, 1.82) is 0 Å². The maximum atomic E-state index is 12.6. The Hall–Kier alpha value is -3.32. The van der Waals surface area contributed by atoms with Crippen LogP contribution >= 0.6 is 11.6 Å². The van der Waals surface area contributed by atoms with E-state index in [0.29, 0.717) is 36.0 Å². The summed E-state index contributed by atoms with van der Waals surface area (Å²) in [5.74, 6) is -0.116. The average molecular weight is 439 g/mol. The molecule has 31 heavy (non-hydrogen) atoms. The molecule has 1 aliphatic rings. The fourth-order valence-electron chi connectivity index (χ4n) is 3.68. The SMILES string of the molecule is COc1ccc(Cl)cc1N1CC(C(=O)NCCc2cnn(-c3ccccc3)c2)CC1=O. The topological polar surface area (TPSA) is 76.5 Å². The molecule has 1 saturated heterocycles. The number of halogens is 1. The van der Waals surface area contributed by atoms with Gasteiger partial charge in [0.15, 0.2) is 0 Å². The highest BCUT2D eigenvalue weighted by molar-refractivity contribution is 6.31. The summed E-state index contributed by atoms with van der Waals surface area (Å²) < 4.78 is 7.15. The number of aromatic nitrogens is 2. The molecule has 0 radical (unpaired) electrons. The second kappa shape index (κ2) is 9.22. The van der Waals surface area contributed by atoms with Crippen LogP contribution in [0.2, 0.25) is 5.02 Å². The monoisotopic (exact) mass is 438 g/mol. The van der Waals surface area contributed by atoms with Gasteiger partial charge in [-0.05, 0) is 42.3 Å². The number of nitrogens with one attached hydrogen (secondary N) is 1. The first-order valence-electron chi connectivity index (χ1n) is 10.1. The predicted molar refractivity (Wildman–Crippen MR) is 119 cm³/mol. The molecule has 1 aliphatic heterocycles. The molecule has 0 bridgehead atoms. The van der Waals surface area contributed by atoms with Crippen LogP contribution in [0.1, 0.15) is 12.0 Å². The van der Waals surface area contributed by atoms with E-state index in [2.05, 4.69) is 10.4 Å². The van der Waals surface area contributed by atoms with Crippen molar-refractivity contribution in [3.63, 3.8) is 0 Å². The summed E-state index contributed by atoms with van der Waals surface area (Å²) in [6.07, 6.45) is 4.57. The van der Waals surface area contributed by atoms with Gasteiger partial charge in [-0.1, -0.05) is 29.8 Å². The van der Waals surface area contributed by atoms with Gasteiger partial charge in [0.2, 0.25) is 11.8 Å². The predicted octanol–water partition coefficient (Wildman–Crippen LogP) is 3.25. The van der Waals surface area contributed by atoms with E-state index >= 15 is 0 Å². The van der Waals surface area contributed by atoms with Gasteiger partial charge in [-0.15, -0.1) is 0 Å². The molecule has 2 aromatic carbocycles. The van der Waals surface area contributed by atoms with E-state index in [0.717, 1.165) is 11.3 Å². The van der Waals surface area contributed by atoms with Gasteiger partial charge in [-0.3, -0.25) is 9.59 Å². The van der Waals surface area contributed by atoms with Gasteiger partial charge in [0.1, 0.15) is 5.75 Å². The molecule has 8 heteroatoms. The first-order chi connectivity index (χ1) is 15.0. The number of benzene rings is 2. The van der Waals surface area contributed by atoms with E-state index in [4.69, 9.17) is 16.3 Å². The number of hydrogen-bond donors (Lipinski definition) is 1. The zero-order valence-electron chi connectivity index (χ0n) is 17.1. The molecule has 4 rings (SSSR count). The van der Waals surface area contributed by atoms with Crippen LogP contribution in [0.25, 0.3) is 5.69 Å². The Morgan fingerprint density at radius 1 is 1.26 bits per heavy atom. The van der Waals surface area contributed by atoms with Crippen molar-refractivity contribution in [2.24, 2.45) is 5.92 Å². The molecule has 2 amide bonds. The van der Waals surface area contributed by atoms with Crippen molar-refractivity contribution >= 4 is 29.1 Å². The summed E-state index contributed by atoms with van der Waals surface area (Å²) in [6.45, 7) is 0.776. The zero-order chi connectivity index (χ0) is 21.8. The van der Waals surface area contributed by atoms with Crippen LogP contribution < -0.4 is 15.0 Å². The molecule has 2 heterocycles. The molecule has 1 aromatic heterocycles. The first kappa shape index (κ1) is 20.9. The summed E-state index contributed by atoms with van der Waals surface area (Å²) in [5, 5.41) is 7.82. The van der Waals surface area contributed by atoms with Gasteiger partial charge >= 0.3 is 0 Å². The van der Waals surface area contributed by atoms with Crippen LogP contribution in [0, 0.1) is 5.92 Å². The minimum absolute atomic E-state index is 0.121. The number of methoxy groups -OCH3 is 1. The number of anilines is 1. The van der Waals surface area contributed by atoms with Crippen LogP contribution in [-0.2, 0) is 16.0 Å². The highest BCUT2D eigenvalue weighted by atomic mass is 35.5. The Balaban J connectivity index is 1.32. The lowest BCUT2D eigenvalue weighted by Gasteiger charge is -2.19.